The Kier molecular flexibility index (Phi) is 3.40. The van der Waals surface area contributed by atoms with Crippen LogP contribution in [-0.4, -0.2) is 7.05 Å². The molecule has 0 aliphatic heterocycles. The summed E-state index contributed by atoms with van der Waals surface area (Å²) < 4.78 is 6.98. The van der Waals surface area contributed by atoms with Crippen molar-refractivity contribution in [1.82, 2.24) is 5.32 Å². The van der Waals surface area contributed by atoms with E-state index in [1.165, 1.54) is 5.56 Å². The Morgan fingerprint density at radius 3 is 2.53 bits per heavy atom. The first-order valence-electron chi connectivity index (χ1n) is 6.20. The molecule has 0 spiro atoms. The molecule has 19 heavy (non-hydrogen) atoms. The normalized spacial score (nSPS) is 12.7. The van der Waals surface area contributed by atoms with Gasteiger partial charge in [0, 0.05) is 5.39 Å². The molecule has 3 rings (SSSR count). The van der Waals surface area contributed by atoms with Gasteiger partial charge in [0.25, 0.3) is 0 Å². The number of halogens is 1. The van der Waals surface area contributed by atoms with E-state index in [0.29, 0.717) is 0 Å². The van der Waals surface area contributed by atoms with E-state index in [-0.39, 0.29) is 6.04 Å². The average molecular weight is 316 g/mol. The predicted octanol–water partition coefficient (Wildman–Crippen LogP) is 4.50. The number of fused-ring (bicyclic) bond motifs is 1. The zero-order chi connectivity index (χ0) is 13.2. The molecule has 1 N–H and O–H groups in total. The summed E-state index contributed by atoms with van der Waals surface area (Å²) in [4.78, 5) is 0. The molecule has 3 heteroatoms. The lowest BCUT2D eigenvalue weighted by Crippen LogP contribution is -2.16. The van der Waals surface area contributed by atoms with Crippen LogP contribution in [0, 0.1) is 0 Å². The van der Waals surface area contributed by atoms with E-state index in [1.807, 2.05) is 37.4 Å². The highest BCUT2D eigenvalue weighted by molar-refractivity contribution is 9.10. The number of hydrogen-bond donors (Lipinski definition) is 1. The fourth-order valence-corrected chi connectivity index (χ4v) is 2.77. The van der Waals surface area contributed by atoms with Crippen LogP contribution in [-0.2, 0) is 0 Å². The second kappa shape index (κ2) is 5.19. The third-order valence-electron chi connectivity index (χ3n) is 3.22. The van der Waals surface area contributed by atoms with E-state index in [1.54, 1.807) is 0 Å². The van der Waals surface area contributed by atoms with E-state index >= 15 is 0 Å². The number of benzene rings is 2. The van der Waals surface area contributed by atoms with E-state index in [0.717, 1.165) is 21.2 Å². The Balaban J connectivity index is 2.09. The largest absolute Gasteiger partial charge is 0.458 e. The number of hydrogen-bond acceptors (Lipinski definition) is 2. The Morgan fingerprint density at radius 2 is 1.84 bits per heavy atom. The van der Waals surface area contributed by atoms with Gasteiger partial charge >= 0.3 is 0 Å². The molecule has 0 aliphatic rings. The second-order valence-electron chi connectivity index (χ2n) is 4.44. The van der Waals surface area contributed by atoms with Gasteiger partial charge in [-0.1, -0.05) is 42.5 Å². The number of furan rings is 1. The van der Waals surface area contributed by atoms with Crippen molar-refractivity contribution in [2.45, 2.75) is 6.04 Å². The van der Waals surface area contributed by atoms with E-state index in [9.17, 15) is 0 Å². The third kappa shape index (κ3) is 2.31. The molecule has 0 aliphatic carbocycles. The maximum atomic E-state index is 6.00. The van der Waals surface area contributed by atoms with E-state index in [4.69, 9.17) is 4.42 Å². The lowest BCUT2D eigenvalue weighted by Gasteiger charge is -2.13. The fourth-order valence-electron chi connectivity index (χ4n) is 2.31. The zero-order valence-corrected chi connectivity index (χ0v) is 12.1. The molecule has 0 saturated heterocycles. The van der Waals surface area contributed by atoms with Gasteiger partial charge in [0.2, 0.25) is 0 Å². The average Bonchev–Trinajstić information content (AvgIpc) is 2.86. The summed E-state index contributed by atoms with van der Waals surface area (Å²) >= 11 is 3.52. The van der Waals surface area contributed by atoms with Crippen LogP contribution in [0.2, 0.25) is 0 Å². The summed E-state index contributed by atoms with van der Waals surface area (Å²) in [6, 6.07) is 18.5. The van der Waals surface area contributed by atoms with Crippen molar-refractivity contribution in [1.29, 1.82) is 0 Å². The SMILES string of the molecule is CNC(c1ccccc1)c1cc2cccc(Br)c2o1. The Morgan fingerprint density at radius 1 is 1.05 bits per heavy atom. The molecule has 0 amide bonds. The van der Waals surface area contributed by atoms with Gasteiger partial charge in [-0.15, -0.1) is 0 Å². The van der Waals surface area contributed by atoms with Crippen LogP contribution in [0.5, 0.6) is 0 Å². The van der Waals surface area contributed by atoms with Gasteiger partial charge in [0.15, 0.2) is 0 Å². The summed E-state index contributed by atoms with van der Waals surface area (Å²) in [5.74, 6) is 0.926. The maximum absolute atomic E-state index is 6.00. The van der Waals surface area contributed by atoms with Crippen LogP contribution >= 0.6 is 15.9 Å². The van der Waals surface area contributed by atoms with Crippen molar-refractivity contribution in [3.05, 3.63) is 70.4 Å². The molecule has 2 aromatic carbocycles. The number of rotatable bonds is 3. The molecule has 1 unspecified atom stereocenters. The standard InChI is InChI=1S/C16H14BrNO/c1-18-15(11-6-3-2-4-7-11)14-10-12-8-5-9-13(17)16(12)19-14/h2-10,15,18H,1H3. The summed E-state index contributed by atoms with van der Waals surface area (Å²) in [5.41, 5.74) is 2.09. The Bertz CT molecular complexity index is 690. The first-order valence-corrected chi connectivity index (χ1v) is 6.99. The van der Waals surface area contributed by atoms with Gasteiger partial charge in [-0.05, 0) is 40.7 Å². The van der Waals surface area contributed by atoms with Crippen LogP contribution in [0.1, 0.15) is 17.4 Å². The highest BCUT2D eigenvalue weighted by Gasteiger charge is 2.17. The molecule has 3 aromatic rings. The molecule has 0 bridgehead atoms. The van der Waals surface area contributed by atoms with Crippen molar-refractivity contribution < 1.29 is 4.42 Å². The summed E-state index contributed by atoms with van der Waals surface area (Å²) in [5, 5.41) is 4.42. The number of nitrogens with one attached hydrogen (secondary N) is 1. The van der Waals surface area contributed by atoms with Crippen molar-refractivity contribution >= 4 is 26.9 Å². The van der Waals surface area contributed by atoms with Gasteiger partial charge in [-0.25, -0.2) is 0 Å². The highest BCUT2D eigenvalue weighted by atomic mass is 79.9. The molecule has 0 saturated carbocycles. The van der Waals surface area contributed by atoms with Crippen molar-refractivity contribution in [3.8, 4) is 0 Å². The van der Waals surface area contributed by atoms with Gasteiger partial charge in [-0.2, -0.15) is 0 Å². The van der Waals surface area contributed by atoms with Crippen LogP contribution in [0.25, 0.3) is 11.0 Å². The summed E-state index contributed by atoms with van der Waals surface area (Å²) in [6.07, 6.45) is 0. The smallest absolute Gasteiger partial charge is 0.148 e. The molecule has 1 heterocycles. The van der Waals surface area contributed by atoms with Gasteiger partial charge in [0.05, 0.1) is 10.5 Å². The van der Waals surface area contributed by atoms with Crippen molar-refractivity contribution in [3.63, 3.8) is 0 Å². The fraction of sp³-hybridized carbons (Fsp3) is 0.125. The highest BCUT2D eigenvalue weighted by Crippen LogP contribution is 2.31. The molecule has 1 atom stereocenters. The van der Waals surface area contributed by atoms with Crippen LogP contribution in [0.4, 0.5) is 0 Å². The molecular weight excluding hydrogens is 302 g/mol. The summed E-state index contributed by atoms with van der Waals surface area (Å²) in [7, 11) is 1.94. The third-order valence-corrected chi connectivity index (χ3v) is 3.85. The van der Waals surface area contributed by atoms with Gasteiger partial charge < -0.3 is 9.73 Å². The monoisotopic (exact) mass is 315 g/mol. The minimum absolute atomic E-state index is 0.0699. The molecule has 1 aromatic heterocycles. The maximum Gasteiger partial charge on any atom is 0.148 e. The van der Waals surface area contributed by atoms with Crippen LogP contribution < -0.4 is 5.32 Å². The van der Waals surface area contributed by atoms with Gasteiger partial charge in [-0.3, -0.25) is 0 Å². The first-order chi connectivity index (χ1) is 9.29. The molecular formula is C16H14BrNO. The molecule has 0 radical (unpaired) electrons. The van der Waals surface area contributed by atoms with Crippen molar-refractivity contribution in [2.24, 2.45) is 0 Å². The number of para-hydroxylation sites is 1. The Labute approximate surface area is 120 Å². The van der Waals surface area contributed by atoms with Crippen LogP contribution in [0.3, 0.4) is 0 Å². The summed E-state index contributed by atoms with van der Waals surface area (Å²) in [6.45, 7) is 0. The zero-order valence-electron chi connectivity index (χ0n) is 10.6. The molecule has 2 nitrogen and oxygen atoms in total. The lowest BCUT2D eigenvalue weighted by atomic mass is 10.0. The minimum Gasteiger partial charge on any atom is -0.458 e. The van der Waals surface area contributed by atoms with Gasteiger partial charge in [0.1, 0.15) is 11.3 Å². The lowest BCUT2D eigenvalue weighted by molar-refractivity contribution is 0.491. The molecule has 96 valence electrons. The molecule has 0 fully saturated rings. The van der Waals surface area contributed by atoms with Crippen LogP contribution in [0.15, 0.2) is 63.5 Å². The Hall–Kier alpha value is -1.58. The van der Waals surface area contributed by atoms with Crippen molar-refractivity contribution in [2.75, 3.05) is 7.05 Å². The quantitative estimate of drug-likeness (QED) is 0.769. The predicted molar refractivity (Wildman–Crippen MR) is 81.3 cm³/mol. The first kappa shape index (κ1) is 12.5. The van der Waals surface area contributed by atoms with E-state index < -0.39 is 0 Å². The topological polar surface area (TPSA) is 25.2 Å². The van der Waals surface area contributed by atoms with E-state index in [2.05, 4.69) is 45.5 Å². The second-order valence-corrected chi connectivity index (χ2v) is 5.29. The minimum atomic E-state index is 0.0699.